The second-order valence-electron chi connectivity index (χ2n) is 8.37. The average molecular weight is 437 g/mol. The van der Waals surface area contributed by atoms with Gasteiger partial charge in [-0.25, -0.2) is 18.5 Å². The summed E-state index contributed by atoms with van der Waals surface area (Å²) >= 11 is 0. The van der Waals surface area contributed by atoms with Gasteiger partial charge >= 0.3 is 6.03 Å². The van der Waals surface area contributed by atoms with E-state index in [4.69, 9.17) is 0 Å². The molecule has 0 aromatic heterocycles. The normalized spacial score (nSPS) is 19.1. The molecule has 2 aromatic rings. The summed E-state index contributed by atoms with van der Waals surface area (Å²) in [6.45, 7) is 5.93. The summed E-state index contributed by atoms with van der Waals surface area (Å²) in [6.07, 6.45) is 3.16. The predicted molar refractivity (Wildman–Crippen MR) is 118 cm³/mol. The molecule has 164 valence electrons. The number of hydrogen-bond donors (Lipinski definition) is 1. The Hall–Kier alpha value is -3.81. The van der Waals surface area contributed by atoms with E-state index in [1.54, 1.807) is 6.07 Å². The summed E-state index contributed by atoms with van der Waals surface area (Å²) in [6, 6.07) is 6.78. The van der Waals surface area contributed by atoms with Crippen molar-refractivity contribution in [2.24, 2.45) is 0 Å². The lowest BCUT2D eigenvalue weighted by molar-refractivity contribution is -0.122. The minimum absolute atomic E-state index is 0.0247. The minimum atomic E-state index is -1.00. The van der Waals surface area contributed by atoms with E-state index in [1.807, 2.05) is 38.8 Å². The molecule has 1 saturated heterocycles. The standard InChI is InChI=1S/C24H21F2N3O3/c1-13-12-24(2,3)28(4)20-11-19(26)14(8-17(13)20)9-18-21(30)27-23(32)29(22(18)31)16-7-5-6-15(25)10-16/h5-12H,1-4H3,(H,27,30,32)/b18-9-. The molecule has 8 heteroatoms. The van der Waals surface area contributed by atoms with Crippen LogP contribution in [0.2, 0.25) is 0 Å². The number of benzene rings is 2. The molecule has 0 aliphatic carbocycles. The number of imide groups is 2. The van der Waals surface area contributed by atoms with Gasteiger partial charge in [0, 0.05) is 23.9 Å². The van der Waals surface area contributed by atoms with Gasteiger partial charge in [0.1, 0.15) is 17.2 Å². The highest BCUT2D eigenvalue weighted by molar-refractivity contribution is 6.39. The molecule has 0 saturated carbocycles. The lowest BCUT2D eigenvalue weighted by atomic mass is 9.88. The van der Waals surface area contributed by atoms with E-state index in [0.29, 0.717) is 10.6 Å². The SMILES string of the molecule is CC1=CC(C)(C)N(C)c2cc(F)c(/C=C3/C(=O)NC(=O)N(c4cccc(F)c4)C3=O)cc21. The number of fused-ring (bicyclic) bond motifs is 1. The molecule has 32 heavy (non-hydrogen) atoms. The van der Waals surface area contributed by atoms with E-state index in [9.17, 15) is 18.8 Å². The quantitative estimate of drug-likeness (QED) is 0.563. The maximum Gasteiger partial charge on any atom is 0.335 e. The molecular weight excluding hydrogens is 416 g/mol. The largest absolute Gasteiger partial charge is 0.365 e. The first-order chi connectivity index (χ1) is 15.0. The lowest BCUT2D eigenvalue weighted by Gasteiger charge is -2.40. The van der Waals surface area contributed by atoms with E-state index in [1.165, 1.54) is 18.2 Å². The first-order valence-electron chi connectivity index (χ1n) is 9.94. The van der Waals surface area contributed by atoms with Gasteiger partial charge in [0.05, 0.1) is 11.2 Å². The second kappa shape index (κ2) is 7.40. The van der Waals surface area contributed by atoms with Crippen molar-refractivity contribution < 1.29 is 23.2 Å². The van der Waals surface area contributed by atoms with Crippen LogP contribution >= 0.6 is 0 Å². The van der Waals surface area contributed by atoms with Gasteiger partial charge in [0.2, 0.25) is 0 Å². The zero-order valence-corrected chi connectivity index (χ0v) is 18.0. The van der Waals surface area contributed by atoms with Crippen molar-refractivity contribution in [1.29, 1.82) is 0 Å². The first-order valence-corrected chi connectivity index (χ1v) is 9.94. The highest BCUT2D eigenvalue weighted by Gasteiger charge is 2.37. The molecule has 2 aliphatic rings. The summed E-state index contributed by atoms with van der Waals surface area (Å²) < 4.78 is 28.6. The van der Waals surface area contributed by atoms with Crippen molar-refractivity contribution in [1.82, 2.24) is 5.32 Å². The van der Waals surface area contributed by atoms with Crippen molar-refractivity contribution >= 4 is 40.9 Å². The second-order valence-corrected chi connectivity index (χ2v) is 8.37. The van der Waals surface area contributed by atoms with Crippen LogP contribution in [0.3, 0.4) is 0 Å². The first kappa shape index (κ1) is 21.4. The third-order valence-corrected chi connectivity index (χ3v) is 5.80. The summed E-state index contributed by atoms with van der Waals surface area (Å²) in [7, 11) is 1.86. The molecule has 4 rings (SSSR count). The molecule has 6 nitrogen and oxygen atoms in total. The molecule has 2 aliphatic heterocycles. The zero-order chi connectivity index (χ0) is 23.4. The number of halogens is 2. The number of likely N-dealkylation sites (N-methyl/N-ethyl adjacent to an activating group) is 1. The highest BCUT2D eigenvalue weighted by Crippen LogP contribution is 2.39. The van der Waals surface area contributed by atoms with E-state index in [0.717, 1.165) is 29.3 Å². The van der Waals surface area contributed by atoms with Crippen LogP contribution in [0, 0.1) is 11.6 Å². The topological polar surface area (TPSA) is 69.7 Å². The van der Waals surface area contributed by atoms with Gasteiger partial charge in [0.25, 0.3) is 11.8 Å². The summed E-state index contributed by atoms with van der Waals surface area (Å²) in [5, 5.41) is 2.05. The number of allylic oxidation sites excluding steroid dienone is 1. The predicted octanol–water partition coefficient (Wildman–Crippen LogP) is 4.26. The molecule has 2 heterocycles. The molecule has 0 unspecified atom stereocenters. The number of amides is 4. The van der Waals surface area contributed by atoms with Crippen LogP contribution in [-0.2, 0) is 9.59 Å². The third kappa shape index (κ3) is 3.47. The number of anilines is 2. The summed E-state index contributed by atoms with van der Waals surface area (Å²) in [5.41, 5.74) is 1.62. The van der Waals surface area contributed by atoms with E-state index >= 15 is 4.39 Å². The summed E-state index contributed by atoms with van der Waals surface area (Å²) in [5.74, 6) is -3.19. The van der Waals surface area contributed by atoms with Crippen molar-refractivity contribution in [2.75, 3.05) is 16.8 Å². The van der Waals surface area contributed by atoms with Crippen molar-refractivity contribution in [3.8, 4) is 0 Å². The fourth-order valence-corrected chi connectivity index (χ4v) is 3.96. The minimum Gasteiger partial charge on any atom is -0.365 e. The van der Waals surface area contributed by atoms with Crippen LogP contribution < -0.4 is 15.1 Å². The number of carbonyl (C=O) groups excluding carboxylic acids is 3. The summed E-state index contributed by atoms with van der Waals surface area (Å²) in [4.78, 5) is 40.2. The molecule has 0 radical (unpaired) electrons. The Morgan fingerprint density at radius 1 is 1.06 bits per heavy atom. The van der Waals surface area contributed by atoms with Gasteiger partial charge in [-0.3, -0.25) is 14.9 Å². The van der Waals surface area contributed by atoms with Gasteiger partial charge in [-0.2, -0.15) is 0 Å². The fourth-order valence-electron chi connectivity index (χ4n) is 3.96. The molecule has 0 spiro atoms. The third-order valence-electron chi connectivity index (χ3n) is 5.80. The Labute approximate surface area is 183 Å². The number of hydrogen-bond acceptors (Lipinski definition) is 4. The smallest absolute Gasteiger partial charge is 0.335 e. The number of urea groups is 1. The van der Waals surface area contributed by atoms with Gasteiger partial charge in [-0.05, 0) is 62.8 Å². The molecular formula is C24H21F2N3O3. The Bertz CT molecular complexity index is 1250. The number of barbiturate groups is 1. The molecule has 1 N–H and O–H groups in total. The Morgan fingerprint density at radius 2 is 1.78 bits per heavy atom. The molecule has 4 amide bonds. The molecule has 0 atom stereocenters. The Kier molecular flexibility index (Phi) is 4.96. The zero-order valence-electron chi connectivity index (χ0n) is 18.0. The fraction of sp³-hybridized carbons (Fsp3) is 0.208. The van der Waals surface area contributed by atoms with Crippen molar-refractivity contribution in [3.05, 3.63) is 70.8 Å². The Morgan fingerprint density at radius 3 is 2.47 bits per heavy atom. The van der Waals surface area contributed by atoms with Gasteiger partial charge in [0.15, 0.2) is 0 Å². The highest BCUT2D eigenvalue weighted by atomic mass is 19.1. The molecule has 2 aromatic carbocycles. The van der Waals surface area contributed by atoms with Gasteiger partial charge in [-0.1, -0.05) is 12.1 Å². The lowest BCUT2D eigenvalue weighted by Crippen LogP contribution is -2.54. The van der Waals surface area contributed by atoms with E-state index in [-0.39, 0.29) is 16.8 Å². The monoisotopic (exact) mass is 437 g/mol. The molecule has 1 fully saturated rings. The number of nitrogens with zero attached hydrogens (tertiary/aromatic N) is 2. The average Bonchev–Trinajstić information content (AvgIpc) is 2.69. The van der Waals surface area contributed by atoms with Crippen LogP contribution in [0.15, 0.2) is 48.0 Å². The number of carbonyl (C=O) groups is 3. The van der Waals surface area contributed by atoms with Gasteiger partial charge in [-0.15, -0.1) is 0 Å². The van der Waals surface area contributed by atoms with Crippen LogP contribution in [0.5, 0.6) is 0 Å². The van der Waals surface area contributed by atoms with Crippen LogP contribution in [-0.4, -0.2) is 30.4 Å². The Balaban J connectivity index is 1.80. The van der Waals surface area contributed by atoms with Crippen LogP contribution in [0.4, 0.5) is 25.0 Å². The maximum absolute atomic E-state index is 15.0. The number of nitrogens with one attached hydrogen (secondary N) is 1. The maximum atomic E-state index is 15.0. The molecule has 0 bridgehead atoms. The van der Waals surface area contributed by atoms with Crippen LogP contribution in [0.1, 0.15) is 31.9 Å². The van der Waals surface area contributed by atoms with Gasteiger partial charge < -0.3 is 4.90 Å². The van der Waals surface area contributed by atoms with E-state index in [2.05, 4.69) is 5.32 Å². The number of rotatable bonds is 2. The van der Waals surface area contributed by atoms with Crippen LogP contribution in [0.25, 0.3) is 11.6 Å². The van der Waals surface area contributed by atoms with Crippen molar-refractivity contribution in [2.45, 2.75) is 26.3 Å². The van der Waals surface area contributed by atoms with Crippen molar-refractivity contribution in [3.63, 3.8) is 0 Å². The van der Waals surface area contributed by atoms with E-state index < -0.39 is 35.1 Å².